The van der Waals surface area contributed by atoms with Crippen LogP contribution in [0, 0.1) is 0 Å². The maximum atomic E-state index is 6.07. The SMILES string of the molecule is CCC1(N)CN(c2ccncc2)C1. The first-order valence-electron chi connectivity index (χ1n) is 4.67. The van der Waals surface area contributed by atoms with E-state index in [2.05, 4.69) is 16.8 Å². The van der Waals surface area contributed by atoms with Crippen molar-refractivity contribution >= 4 is 5.69 Å². The van der Waals surface area contributed by atoms with Crippen molar-refractivity contribution in [2.45, 2.75) is 18.9 Å². The van der Waals surface area contributed by atoms with Gasteiger partial charge in [0.15, 0.2) is 0 Å². The van der Waals surface area contributed by atoms with Crippen LogP contribution in [-0.2, 0) is 0 Å². The van der Waals surface area contributed by atoms with Crippen molar-refractivity contribution in [3.05, 3.63) is 24.5 Å². The minimum atomic E-state index is 0.0449. The molecule has 0 spiro atoms. The van der Waals surface area contributed by atoms with Crippen LogP contribution in [0.25, 0.3) is 0 Å². The normalized spacial score (nSPS) is 19.7. The highest BCUT2D eigenvalue weighted by Gasteiger charge is 2.37. The molecule has 0 atom stereocenters. The topological polar surface area (TPSA) is 42.1 Å². The van der Waals surface area contributed by atoms with Crippen LogP contribution in [0.1, 0.15) is 13.3 Å². The van der Waals surface area contributed by atoms with E-state index >= 15 is 0 Å². The van der Waals surface area contributed by atoms with Gasteiger partial charge in [-0.25, -0.2) is 0 Å². The lowest BCUT2D eigenvalue weighted by molar-refractivity contribution is 0.322. The molecule has 1 aliphatic heterocycles. The van der Waals surface area contributed by atoms with Crippen molar-refractivity contribution in [1.29, 1.82) is 0 Å². The van der Waals surface area contributed by atoms with Gasteiger partial charge in [-0.15, -0.1) is 0 Å². The zero-order valence-electron chi connectivity index (χ0n) is 7.90. The number of rotatable bonds is 2. The first kappa shape index (κ1) is 8.51. The molecule has 1 aliphatic rings. The number of nitrogens with two attached hydrogens (primary N) is 1. The quantitative estimate of drug-likeness (QED) is 0.733. The molecule has 2 heterocycles. The Hall–Kier alpha value is -1.09. The van der Waals surface area contributed by atoms with E-state index < -0.39 is 0 Å². The highest BCUT2D eigenvalue weighted by Crippen LogP contribution is 2.27. The molecule has 3 nitrogen and oxygen atoms in total. The number of nitrogens with zero attached hydrogens (tertiary/aromatic N) is 2. The zero-order chi connectivity index (χ0) is 9.31. The Morgan fingerprint density at radius 3 is 2.62 bits per heavy atom. The fourth-order valence-corrected chi connectivity index (χ4v) is 1.67. The Kier molecular flexibility index (Phi) is 1.96. The number of anilines is 1. The summed E-state index contributed by atoms with van der Waals surface area (Å²) in [6, 6.07) is 4.05. The summed E-state index contributed by atoms with van der Waals surface area (Å²) in [5.41, 5.74) is 7.34. The first-order valence-corrected chi connectivity index (χ1v) is 4.67. The van der Waals surface area contributed by atoms with E-state index in [0.29, 0.717) is 0 Å². The molecule has 13 heavy (non-hydrogen) atoms. The highest BCUT2D eigenvalue weighted by molar-refractivity contribution is 5.49. The van der Waals surface area contributed by atoms with Crippen LogP contribution in [0.3, 0.4) is 0 Å². The lowest BCUT2D eigenvalue weighted by Gasteiger charge is -2.48. The minimum Gasteiger partial charge on any atom is -0.368 e. The maximum Gasteiger partial charge on any atom is 0.0507 e. The van der Waals surface area contributed by atoms with Crippen LogP contribution in [0.2, 0.25) is 0 Å². The van der Waals surface area contributed by atoms with Crippen LogP contribution in [0.15, 0.2) is 24.5 Å². The maximum absolute atomic E-state index is 6.07. The Bertz CT molecular complexity index is 277. The molecule has 0 aliphatic carbocycles. The minimum absolute atomic E-state index is 0.0449. The molecule has 2 N–H and O–H groups in total. The van der Waals surface area contributed by atoms with E-state index in [1.54, 1.807) is 0 Å². The third-order valence-corrected chi connectivity index (χ3v) is 2.74. The molecule has 0 saturated carbocycles. The Labute approximate surface area is 78.6 Å². The van der Waals surface area contributed by atoms with Gasteiger partial charge >= 0.3 is 0 Å². The van der Waals surface area contributed by atoms with Gasteiger partial charge in [-0.1, -0.05) is 6.92 Å². The number of pyridine rings is 1. The fourth-order valence-electron chi connectivity index (χ4n) is 1.67. The average molecular weight is 177 g/mol. The predicted octanol–water partition coefficient (Wildman–Crippen LogP) is 1.01. The monoisotopic (exact) mass is 177 g/mol. The molecular weight excluding hydrogens is 162 g/mol. The number of aromatic nitrogens is 1. The molecule has 2 rings (SSSR count). The van der Waals surface area contributed by atoms with Crippen LogP contribution >= 0.6 is 0 Å². The van der Waals surface area contributed by atoms with E-state index in [-0.39, 0.29) is 5.54 Å². The number of hydrogen-bond donors (Lipinski definition) is 1. The summed E-state index contributed by atoms with van der Waals surface area (Å²) in [6.07, 6.45) is 4.68. The predicted molar refractivity (Wildman–Crippen MR) is 53.7 cm³/mol. The molecule has 1 aromatic heterocycles. The summed E-state index contributed by atoms with van der Waals surface area (Å²) in [5, 5.41) is 0. The first-order chi connectivity index (χ1) is 6.23. The molecule has 0 unspecified atom stereocenters. The van der Waals surface area contributed by atoms with E-state index in [1.807, 2.05) is 24.5 Å². The van der Waals surface area contributed by atoms with Gasteiger partial charge < -0.3 is 10.6 Å². The molecule has 1 fully saturated rings. The summed E-state index contributed by atoms with van der Waals surface area (Å²) in [4.78, 5) is 6.27. The van der Waals surface area contributed by atoms with Crippen LogP contribution in [0.4, 0.5) is 5.69 Å². The van der Waals surface area contributed by atoms with E-state index in [1.165, 1.54) is 5.69 Å². The van der Waals surface area contributed by atoms with Gasteiger partial charge in [0.05, 0.1) is 5.54 Å². The second kappa shape index (κ2) is 3.00. The van der Waals surface area contributed by atoms with Crippen LogP contribution < -0.4 is 10.6 Å². The van der Waals surface area contributed by atoms with Gasteiger partial charge in [0.2, 0.25) is 0 Å². The Morgan fingerprint density at radius 2 is 2.08 bits per heavy atom. The molecular formula is C10H15N3. The molecule has 70 valence electrons. The van der Waals surface area contributed by atoms with Gasteiger partial charge in [0, 0.05) is 31.2 Å². The third-order valence-electron chi connectivity index (χ3n) is 2.74. The third kappa shape index (κ3) is 1.52. The fraction of sp³-hybridized carbons (Fsp3) is 0.500. The largest absolute Gasteiger partial charge is 0.368 e. The molecule has 3 heteroatoms. The second-order valence-corrected chi connectivity index (χ2v) is 3.78. The van der Waals surface area contributed by atoms with E-state index in [0.717, 1.165) is 19.5 Å². The lowest BCUT2D eigenvalue weighted by atomic mass is 9.88. The lowest BCUT2D eigenvalue weighted by Crippen LogP contribution is -2.67. The van der Waals surface area contributed by atoms with Gasteiger partial charge in [-0.3, -0.25) is 4.98 Å². The van der Waals surface area contributed by atoms with Gasteiger partial charge in [-0.2, -0.15) is 0 Å². The highest BCUT2D eigenvalue weighted by atomic mass is 15.2. The molecule has 1 aromatic rings. The molecule has 0 radical (unpaired) electrons. The average Bonchev–Trinajstić information content (AvgIpc) is 2.14. The molecule has 0 amide bonds. The van der Waals surface area contributed by atoms with Gasteiger partial charge in [0.1, 0.15) is 0 Å². The van der Waals surface area contributed by atoms with Crippen molar-refractivity contribution in [2.24, 2.45) is 5.73 Å². The van der Waals surface area contributed by atoms with E-state index in [9.17, 15) is 0 Å². The Morgan fingerprint density at radius 1 is 1.46 bits per heavy atom. The smallest absolute Gasteiger partial charge is 0.0507 e. The summed E-state index contributed by atoms with van der Waals surface area (Å²) in [7, 11) is 0. The second-order valence-electron chi connectivity index (χ2n) is 3.78. The van der Waals surface area contributed by atoms with Gasteiger partial charge in [0.25, 0.3) is 0 Å². The van der Waals surface area contributed by atoms with Crippen molar-refractivity contribution < 1.29 is 0 Å². The van der Waals surface area contributed by atoms with Crippen LogP contribution in [0.5, 0.6) is 0 Å². The summed E-state index contributed by atoms with van der Waals surface area (Å²) in [6.45, 7) is 4.07. The number of hydrogen-bond acceptors (Lipinski definition) is 3. The van der Waals surface area contributed by atoms with Gasteiger partial charge in [-0.05, 0) is 18.6 Å². The van der Waals surface area contributed by atoms with Crippen LogP contribution in [-0.4, -0.2) is 23.6 Å². The molecule has 0 bridgehead atoms. The van der Waals surface area contributed by atoms with Crippen molar-refractivity contribution in [2.75, 3.05) is 18.0 Å². The molecule has 1 saturated heterocycles. The van der Waals surface area contributed by atoms with Crippen molar-refractivity contribution in [3.8, 4) is 0 Å². The van der Waals surface area contributed by atoms with Crippen molar-refractivity contribution in [1.82, 2.24) is 4.98 Å². The van der Waals surface area contributed by atoms with Crippen molar-refractivity contribution in [3.63, 3.8) is 0 Å². The summed E-state index contributed by atoms with van der Waals surface area (Å²) >= 11 is 0. The summed E-state index contributed by atoms with van der Waals surface area (Å²) in [5.74, 6) is 0. The zero-order valence-corrected chi connectivity index (χ0v) is 7.90. The summed E-state index contributed by atoms with van der Waals surface area (Å²) < 4.78 is 0. The molecule has 0 aromatic carbocycles. The standard InChI is InChI=1S/C10H15N3/c1-2-10(11)7-13(8-10)9-3-5-12-6-4-9/h3-6H,2,7-8,11H2,1H3. The van der Waals surface area contributed by atoms with E-state index in [4.69, 9.17) is 5.73 Å². The Balaban J connectivity index is 2.01.